The zero-order valence-electron chi connectivity index (χ0n) is 12.7. The molecular formula is C18H16N2O2S. The molecule has 1 aliphatic carbocycles. The lowest BCUT2D eigenvalue weighted by Crippen LogP contribution is -2.15. The van der Waals surface area contributed by atoms with Gasteiger partial charge in [0.05, 0.1) is 11.4 Å². The zero-order chi connectivity index (χ0) is 16.2. The molecule has 0 amide bonds. The first-order chi connectivity index (χ1) is 11.2. The molecule has 1 aromatic carbocycles. The Hall–Kier alpha value is -2.42. The second-order valence-corrected chi connectivity index (χ2v) is 6.12. The van der Waals surface area contributed by atoms with Crippen LogP contribution in [0, 0.1) is 12.3 Å². The summed E-state index contributed by atoms with van der Waals surface area (Å²) in [5.74, 6) is 2.53. The molecule has 5 heteroatoms. The molecule has 1 aliphatic rings. The molecule has 1 heterocycles. The van der Waals surface area contributed by atoms with E-state index in [4.69, 9.17) is 11.3 Å². The first-order valence-corrected chi connectivity index (χ1v) is 8.10. The number of terminal acetylenes is 1. The Morgan fingerprint density at radius 1 is 1.43 bits per heavy atom. The predicted molar refractivity (Wildman–Crippen MR) is 91.9 cm³/mol. The maximum atomic E-state index is 10.3. The summed E-state index contributed by atoms with van der Waals surface area (Å²) >= 11 is 1.42. The van der Waals surface area contributed by atoms with E-state index in [1.165, 1.54) is 11.3 Å². The van der Waals surface area contributed by atoms with Crippen LogP contribution in [0.1, 0.15) is 29.6 Å². The third-order valence-electron chi connectivity index (χ3n) is 3.75. The Balaban J connectivity index is 1.70. The molecule has 3 rings (SSSR count). The summed E-state index contributed by atoms with van der Waals surface area (Å²) in [5.41, 5.74) is 4.27. The molecule has 0 radical (unpaired) electrons. The fraction of sp³-hybridized carbons (Fsp3) is 0.222. The molecule has 116 valence electrons. The summed E-state index contributed by atoms with van der Waals surface area (Å²) in [5, 5.41) is 17.0. The molecule has 1 aromatic heterocycles. The second kappa shape index (κ2) is 6.78. The number of nitrogens with zero attached hydrogens (tertiary/aromatic N) is 2. The highest BCUT2D eigenvalue weighted by Crippen LogP contribution is 2.33. The van der Waals surface area contributed by atoms with Crippen LogP contribution in [-0.4, -0.2) is 21.9 Å². The van der Waals surface area contributed by atoms with E-state index < -0.39 is 6.10 Å². The van der Waals surface area contributed by atoms with Gasteiger partial charge in [-0.3, -0.25) is 0 Å². The molecule has 2 aromatic rings. The summed E-state index contributed by atoms with van der Waals surface area (Å²) < 4.78 is 0. The largest absolute Gasteiger partial charge is 0.391 e. The fourth-order valence-electron chi connectivity index (χ4n) is 2.45. The van der Waals surface area contributed by atoms with Gasteiger partial charge in [-0.15, -0.1) is 17.8 Å². The van der Waals surface area contributed by atoms with Crippen molar-refractivity contribution in [2.45, 2.75) is 26.1 Å². The average Bonchev–Trinajstić information content (AvgIpc) is 3.16. The summed E-state index contributed by atoms with van der Waals surface area (Å²) in [7, 11) is 0. The Kier molecular flexibility index (Phi) is 4.56. The topological polar surface area (TPSA) is 54.7 Å². The number of oxime groups is 1. The molecule has 0 saturated carbocycles. The lowest BCUT2D eigenvalue weighted by molar-refractivity contribution is 0.126. The van der Waals surface area contributed by atoms with Crippen LogP contribution >= 0.6 is 11.3 Å². The van der Waals surface area contributed by atoms with E-state index in [2.05, 4.69) is 16.1 Å². The van der Waals surface area contributed by atoms with Crippen molar-refractivity contribution in [2.24, 2.45) is 5.16 Å². The number of hydrogen-bond acceptors (Lipinski definition) is 5. The maximum absolute atomic E-state index is 10.3. The quantitative estimate of drug-likeness (QED) is 0.694. The molecule has 0 saturated heterocycles. The van der Waals surface area contributed by atoms with Gasteiger partial charge in [0.2, 0.25) is 0 Å². The number of hydrogen-bond donors (Lipinski definition) is 1. The van der Waals surface area contributed by atoms with Crippen LogP contribution in [-0.2, 0) is 11.4 Å². The smallest absolute Gasteiger partial charge is 0.167 e. The van der Waals surface area contributed by atoms with E-state index in [1.807, 2.05) is 42.6 Å². The van der Waals surface area contributed by atoms with Crippen LogP contribution in [0.4, 0.5) is 0 Å². The van der Waals surface area contributed by atoms with Crippen LogP contribution < -0.4 is 0 Å². The number of aromatic nitrogens is 1. The van der Waals surface area contributed by atoms with E-state index in [0.717, 1.165) is 22.4 Å². The van der Waals surface area contributed by atoms with Gasteiger partial charge in [0, 0.05) is 11.8 Å². The SMILES string of the molecule is C#Cc1nc(C2=C(C)C(O)/C(=N\OCc3ccccc3)C2)cs1. The predicted octanol–water partition coefficient (Wildman–Crippen LogP) is 3.24. The molecule has 0 fully saturated rings. The third-order valence-corrected chi connectivity index (χ3v) is 4.53. The van der Waals surface area contributed by atoms with E-state index in [1.54, 1.807) is 0 Å². The summed E-state index contributed by atoms with van der Waals surface area (Å²) in [6.07, 6.45) is 5.16. The van der Waals surface area contributed by atoms with Crippen LogP contribution in [0.15, 0.2) is 46.4 Å². The van der Waals surface area contributed by atoms with Gasteiger partial charge in [-0.1, -0.05) is 35.5 Å². The maximum Gasteiger partial charge on any atom is 0.167 e. The minimum absolute atomic E-state index is 0.378. The normalized spacial score (nSPS) is 19.2. The van der Waals surface area contributed by atoms with E-state index in [-0.39, 0.29) is 0 Å². The highest BCUT2D eigenvalue weighted by atomic mass is 32.1. The van der Waals surface area contributed by atoms with Gasteiger partial charge in [-0.2, -0.15) is 0 Å². The monoisotopic (exact) mass is 324 g/mol. The fourth-order valence-corrected chi connectivity index (χ4v) is 3.09. The van der Waals surface area contributed by atoms with Gasteiger partial charge < -0.3 is 9.94 Å². The van der Waals surface area contributed by atoms with Crippen molar-refractivity contribution in [2.75, 3.05) is 0 Å². The van der Waals surface area contributed by atoms with Gasteiger partial charge in [0.1, 0.15) is 12.7 Å². The van der Waals surface area contributed by atoms with Gasteiger partial charge in [-0.25, -0.2) is 4.98 Å². The third kappa shape index (κ3) is 3.34. The molecule has 1 unspecified atom stereocenters. The van der Waals surface area contributed by atoms with Gasteiger partial charge in [0.25, 0.3) is 0 Å². The van der Waals surface area contributed by atoms with E-state index in [0.29, 0.717) is 23.7 Å². The van der Waals surface area contributed by atoms with Crippen LogP contribution in [0.3, 0.4) is 0 Å². The molecule has 0 spiro atoms. The van der Waals surface area contributed by atoms with Crippen molar-refractivity contribution >= 4 is 22.6 Å². The number of rotatable bonds is 4. The Labute approximate surface area is 139 Å². The molecule has 23 heavy (non-hydrogen) atoms. The second-order valence-electron chi connectivity index (χ2n) is 5.26. The number of benzene rings is 1. The molecule has 0 aliphatic heterocycles. The molecule has 0 bridgehead atoms. The highest BCUT2D eigenvalue weighted by Gasteiger charge is 2.29. The van der Waals surface area contributed by atoms with Crippen molar-refractivity contribution in [1.82, 2.24) is 4.98 Å². The molecule has 4 nitrogen and oxygen atoms in total. The van der Waals surface area contributed by atoms with Gasteiger partial charge >= 0.3 is 0 Å². The number of aliphatic hydroxyl groups excluding tert-OH is 1. The number of allylic oxidation sites excluding steroid dienone is 1. The van der Waals surface area contributed by atoms with Crippen molar-refractivity contribution in [3.05, 3.63) is 57.6 Å². The number of thiazole rings is 1. The van der Waals surface area contributed by atoms with E-state index in [9.17, 15) is 5.11 Å². The van der Waals surface area contributed by atoms with Crippen LogP contribution in [0.2, 0.25) is 0 Å². The highest BCUT2D eigenvalue weighted by molar-refractivity contribution is 7.10. The van der Waals surface area contributed by atoms with Crippen LogP contribution in [0.25, 0.3) is 5.57 Å². The van der Waals surface area contributed by atoms with Gasteiger partial charge in [-0.05, 0) is 29.6 Å². The van der Waals surface area contributed by atoms with Crippen LogP contribution in [0.5, 0.6) is 0 Å². The Morgan fingerprint density at radius 2 is 2.22 bits per heavy atom. The first-order valence-electron chi connectivity index (χ1n) is 7.22. The van der Waals surface area contributed by atoms with Crippen molar-refractivity contribution in [1.29, 1.82) is 0 Å². The average molecular weight is 324 g/mol. The molecule has 1 N–H and O–H groups in total. The van der Waals surface area contributed by atoms with Gasteiger partial charge in [0.15, 0.2) is 5.01 Å². The molecule has 1 atom stereocenters. The minimum atomic E-state index is -0.725. The Bertz CT molecular complexity index is 800. The van der Waals surface area contributed by atoms with Crippen molar-refractivity contribution in [3.63, 3.8) is 0 Å². The summed E-state index contributed by atoms with van der Waals surface area (Å²) in [6, 6.07) is 9.79. The lowest BCUT2D eigenvalue weighted by atomic mass is 10.1. The Morgan fingerprint density at radius 3 is 2.91 bits per heavy atom. The van der Waals surface area contributed by atoms with Crippen molar-refractivity contribution in [3.8, 4) is 12.3 Å². The summed E-state index contributed by atoms with van der Waals surface area (Å²) in [6.45, 7) is 2.26. The standard InChI is InChI=1S/C18H16N2O2S/c1-3-17-19-16(11-23-17)14-9-15(18(21)12(14)2)20-22-10-13-7-5-4-6-8-13/h1,4-8,11,18,21H,9-10H2,2H3/b20-15-. The summed E-state index contributed by atoms with van der Waals surface area (Å²) in [4.78, 5) is 9.76. The van der Waals surface area contributed by atoms with E-state index >= 15 is 0 Å². The number of aliphatic hydroxyl groups is 1. The first kappa shape index (κ1) is 15.5. The van der Waals surface area contributed by atoms with Crippen molar-refractivity contribution < 1.29 is 9.94 Å². The minimum Gasteiger partial charge on any atom is -0.391 e. The molecular weight excluding hydrogens is 308 g/mol. The zero-order valence-corrected chi connectivity index (χ0v) is 13.5. The lowest BCUT2D eigenvalue weighted by Gasteiger charge is -2.05.